The van der Waals surface area contributed by atoms with Gasteiger partial charge in [-0.25, -0.2) is 4.98 Å². The molecule has 0 bridgehead atoms. The van der Waals surface area contributed by atoms with Gasteiger partial charge in [-0.15, -0.1) is 0 Å². The number of aliphatic hydroxyl groups excluding tert-OH is 1. The smallest absolute Gasteiger partial charge is 0.266 e. The lowest BCUT2D eigenvalue weighted by atomic mass is 10.2. The van der Waals surface area contributed by atoms with Gasteiger partial charge in [0.2, 0.25) is 17.6 Å². The number of nitrogens with one attached hydrogen (secondary N) is 1. The van der Waals surface area contributed by atoms with E-state index in [9.17, 15) is 14.4 Å². The summed E-state index contributed by atoms with van der Waals surface area (Å²) in [7, 11) is 0. The van der Waals surface area contributed by atoms with Gasteiger partial charge < -0.3 is 19.7 Å². The number of ketones is 1. The molecule has 1 atom stereocenters. The molecule has 2 N–H and O–H groups in total. The third kappa shape index (κ3) is 3.13. The third-order valence-corrected chi connectivity index (χ3v) is 3.97. The molecule has 0 saturated carbocycles. The number of para-hydroxylation sites is 2. The lowest BCUT2D eigenvalue weighted by Crippen LogP contribution is -2.47. The fourth-order valence-corrected chi connectivity index (χ4v) is 2.78. The van der Waals surface area contributed by atoms with Crippen LogP contribution in [0.15, 0.2) is 28.7 Å². The van der Waals surface area contributed by atoms with Crippen LogP contribution < -0.4 is 5.32 Å². The summed E-state index contributed by atoms with van der Waals surface area (Å²) < 4.78 is 5.35. The summed E-state index contributed by atoms with van der Waals surface area (Å²) >= 11 is 0. The maximum absolute atomic E-state index is 12.2. The molecule has 2 aromatic rings. The van der Waals surface area contributed by atoms with Crippen molar-refractivity contribution in [3.8, 4) is 0 Å². The predicted octanol–water partition coefficient (Wildman–Crippen LogP) is 0.110. The van der Waals surface area contributed by atoms with Gasteiger partial charge in [-0.3, -0.25) is 14.4 Å². The first-order valence-corrected chi connectivity index (χ1v) is 7.67. The Balaban J connectivity index is 1.61. The first-order chi connectivity index (χ1) is 11.6. The van der Waals surface area contributed by atoms with Crippen LogP contribution in [0.3, 0.4) is 0 Å². The number of hydrogen-bond acceptors (Lipinski definition) is 6. The number of carbonyl (C=O) groups is 3. The van der Waals surface area contributed by atoms with Crippen LogP contribution in [-0.4, -0.2) is 58.3 Å². The van der Waals surface area contributed by atoms with Crippen LogP contribution >= 0.6 is 0 Å². The van der Waals surface area contributed by atoms with Crippen molar-refractivity contribution in [1.82, 2.24) is 15.2 Å². The summed E-state index contributed by atoms with van der Waals surface area (Å²) in [6.45, 7) is -0.467. The second-order valence-corrected chi connectivity index (χ2v) is 5.53. The molecule has 1 aromatic heterocycles. The second-order valence-electron chi connectivity index (χ2n) is 5.53. The number of fused-ring (bicyclic) bond motifs is 1. The van der Waals surface area contributed by atoms with Crippen molar-refractivity contribution < 1.29 is 23.9 Å². The van der Waals surface area contributed by atoms with Crippen molar-refractivity contribution in [2.75, 3.05) is 19.7 Å². The highest BCUT2D eigenvalue weighted by Crippen LogP contribution is 2.18. The van der Waals surface area contributed by atoms with E-state index in [2.05, 4.69) is 10.3 Å². The molecule has 0 spiro atoms. The van der Waals surface area contributed by atoms with Crippen molar-refractivity contribution in [3.63, 3.8) is 0 Å². The number of rotatable bonds is 5. The molecule has 1 fully saturated rings. The van der Waals surface area contributed by atoms with E-state index in [1.54, 1.807) is 24.3 Å². The topological polar surface area (TPSA) is 113 Å². The van der Waals surface area contributed by atoms with Crippen LogP contribution in [0.25, 0.3) is 11.1 Å². The second kappa shape index (κ2) is 6.79. The number of Topliss-reactive ketones (excluding diaryl/α,β-unsaturated/α-hetero) is 1. The maximum atomic E-state index is 12.2. The number of amides is 2. The number of aliphatic hydroxyl groups is 1. The number of oxazole rings is 1. The highest BCUT2D eigenvalue weighted by atomic mass is 16.4. The number of hydrogen-bond donors (Lipinski definition) is 2. The summed E-state index contributed by atoms with van der Waals surface area (Å²) in [5.74, 6) is -1.42. The molecule has 126 valence electrons. The summed E-state index contributed by atoms with van der Waals surface area (Å²) in [4.78, 5) is 41.3. The van der Waals surface area contributed by atoms with Crippen LogP contribution in [0.4, 0.5) is 0 Å². The summed E-state index contributed by atoms with van der Waals surface area (Å²) in [5, 5.41) is 11.4. The van der Waals surface area contributed by atoms with Gasteiger partial charge in [0.05, 0.1) is 6.54 Å². The predicted molar refractivity (Wildman–Crippen MR) is 83.2 cm³/mol. The first kappa shape index (κ1) is 16.1. The van der Waals surface area contributed by atoms with E-state index in [0.717, 1.165) is 0 Å². The molecule has 3 rings (SSSR count). The minimum Gasteiger partial charge on any atom is -0.434 e. The number of aromatic nitrogens is 1. The Morgan fingerprint density at radius 2 is 2.12 bits per heavy atom. The van der Waals surface area contributed by atoms with E-state index in [4.69, 9.17) is 9.52 Å². The zero-order chi connectivity index (χ0) is 17.1. The largest absolute Gasteiger partial charge is 0.434 e. The Hall–Kier alpha value is -2.74. The normalized spacial score (nSPS) is 17.2. The first-order valence-electron chi connectivity index (χ1n) is 7.67. The number of carbonyl (C=O) groups excluding carboxylic acids is 3. The Bertz CT molecular complexity index is 752. The molecule has 8 heteroatoms. The lowest BCUT2D eigenvalue weighted by molar-refractivity contribution is -0.140. The summed E-state index contributed by atoms with van der Waals surface area (Å²) in [6.07, 6.45) is 1.19. The van der Waals surface area contributed by atoms with Crippen molar-refractivity contribution in [1.29, 1.82) is 0 Å². The molecule has 1 aromatic carbocycles. The van der Waals surface area contributed by atoms with Gasteiger partial charge in [0, 0.05) is 6.54 Å². The van der Waals surface area contributed by atoms with Crippen molar-refractivity contribution in [2.45, 2.75) is 18.9 Å². The Morgan fingerprint density at radius 3 is 2.88 bits per heavy atom. The van der Waals surface area contributed by atoms with E-state index in [0.29, 0.717) is 30.5 Å². The highest BCUT2D eigenvalue weighted by Gasteiger charge is 2.33. The van der Waals surface area contributed by atoms with E-state index >= 15 is 0 Å². The Labute approximate surface area is 137 Å². The Morgan fingerprint density at radius 1 is 1.33 bits per heavy atom. The molecule has 1 aliphatic rings. The molecule has 0 radical (unpaired) electrons. The molecule has 2 heterocycles. The fourth-order valence-electron chi connectivity index (χ4n) is 2.78. The molecule has 2 amide bonds. The molecule has 0 aliphatic carbocycles. The molecular weight excluding hydrogens is 314 g/mol. The average Bonchev–Trinajstić information content (AvgIpc) is 3.25. The van der Waals surface area contributed by atoms with E-state index in [1.807, 2.05) is 0 Å². The Kier molecular flexibility index (Phi) is 4.57. The molecule has 1 aliphatic heterocycles. The van der Waals surface area contributed by atoms with E-state index < -0.39 is 30.2 Å². The quantitative estimate of drug-likeness (QED) is 0.752. The fraction of sp³-hybridized carbons (Fsp3) is 0.375. The van der Waals surface area contributed by atoms with Crippen LogP contribution in [0.1, 0.15) is 23.5 Å². The summed E-state index contributed by atoms with van der Waals surface area (Å²) in [5.41, 5.74) is 1.07. The summed E-state index contributed by atoms with van der Waals surface area (Å²) in [6, 6.07) is 6.34. The zero-order valence-corrected chi connectivity index (χ0v) is 12.9. The number of nitrogens with zero attached hydrogens (tertiary/aromatic N) is 2. The van der Waals surface area contributed by atoms with Crippen molar-refractivity contribution in [3.05, 3.63) is 30.2 Å². The molecular formula is C16H17N3O5. The minimum absolute atomic E-state index is 0.0637. The highest BCUT2D eigenvalue weighted by molar-refractivity contribution is 5.98. The van der Waals surface area contributed by atoms with Crippen molar-refractivity contribution >= 4 is 28.7 Å². The van der Waals surface area contributed by atoms with Gasteiger partial charge in [-0.2, -0.15) is 0 Å². The van der Waals surface area contributed by atoms with Crippen molar-refractivity contribution in [2.24, 2.45) is 0 Å². The van der Waals surface area contributed by atoms with Crippen LogP contribution in [-0.2, 0) is 9.59 Å². The number of benzene rings is 1. The van der Waals surface area contributed by atoms with Crippen LogP contribution in [0.5, 0.6) is 0 Å². The molecule has 24 heavy (non-hydrogen) atoms. The van der Waals surface area contributed by atoms with Gasteiger partial charge in [0.15, 0.2) is 5.58 Å². The van der Waals surface area contributed by atoms with Gasteiger partial charge >= 0.3 is 0 Å². The van der Waals surface area contributed by atoms with Gasteiger partial charge in [-0.1, -0.05) is 12.1 Å². The average molecular weight is 331 g/mol. The maximum Gasteiger partial charge on any atom is 0.266 e. The third-order valence-electron chi connectivity index (χ3n) is 3.97. The molecule has 1 saturated heterocycles. The SMILES string of the molecule is O=C(CNC(=O)C1CCCN1C(=O)CO)c1nc2ccccc2o1. The van der Waals surface area contributed by atoms with E-state index in [-0.39, 0.29) is 12.4 Å². The zero-order valence-electron chi connectivity index (χ0n) is 12.9. The monoisotopic (exact) mass is 331 g/mol. The van der Waals surface area contributed by atoms with Gasteiger partial charge in [0.1, 0.15) is 18.2 Å². The van der Waals surface area contributed by atoms with Gasteiger partial charge in [-0.05, 0) is 25.0 Å². The van der Waals surface area contributed by atoms with Crippen LogP contribution in [0.2, 0.25) is 0 Å². The standard InChI is InChI=1S/C16H17N3O5/c20-9-14(22)19-7-3-5-11(19)15(23)17-8-12(21)16-18-10-4-1-2-6-13(10)24-16/h1-2,4,6,11,20H,3,5,7-9H2,(H,17,23). The number of likely N-dealkylation sites (tertiary alicyclic amines) is 1. The molecule has 1 unspecified atom stereocenters. The van der Waals surface area contributed by atoms with E-state index in [1.165, 1.54) is 4.90 Å². The van der Waals surface area contributed by atoms with Gasteiger partial charge in [0.25, 0.3) is 5.89 Å². The van der Waals surface area contributed by atoms with Crippen LogP contribution in [0, 0.1) is 0 Å². The molecule has 8 nitrogen and oxygen atoms in total. The minimum atomic E-state index is -0.652. The lowest BCUT2D eigenvalue weighted by Gasteiger charge is -2.22.